The standard InChI is InChI=1S/C15H20N2O2/c1-15(2,9-16)13-6-5-10-7-11(18-3)8-12(19-4)14(10)17-13/h5-8H,9,16H2,1-4H3. The zero-order chi connectivity index (χ0) is 14.0. The Labute approximate surface area is 113 Å². The van der Waals surface area contributed by atoms with Crippen LogP contribution in [0.25, 0.3) is 10.9 Å². The first-order valence-corrected chi connectivity index (χ1v) is 6.25. The molecule has 0 saturated carbocycles. The lowest BCUT2D eigenvalue weighted by atomic mass is 9.88. The number of ether oxygens (including phenoxy) is 2. The van der Waals surface area contributed by atoms with E-state index in [1.165, 1.54) is 0 Å². The van der Waals surface area contributed by atoms with Gasteiger partial charge in [-0.05, 0) is 12.1 Å². The molecule has 4 nitrogen and oxygen atoms in total. The van der Waals surface area contributed by atoms with Crippen LogP contribution in [0.1, 0.15) is 19.5 Å². The Morgan fingerprint density at radius 3 is 2.47 bits per heavy atom. The largest absolute Gasteiger partial charge is 0.497 e. The number of methoxy groups -OCH3 is 2. The minimum atomic E-state index is -0.154. The van der Waals surface area contributed by atoms with Gasteiger partial charge in [-0.2, -0.15) is 0 Å². The van der Waals surface area contributed by atoms with Crippen LogP contribution in [0.3, 0.4) is 0 Å². The van der Waals surface area contributed by atoms with Crippen molar-refractivity contribution < 1.29 is 9.47 Å². The van der Waals surface area contributed by atoms with Crippen molar-refractivity contribution in [2.45, 2.75) is 19.3 Å². The van der Waals surface area contributed by atoms with E-state index in [0.29, 0.717) is 12.3 Å². The maximum Gasteiger partial charge on any atom is 0.148 e. The number of pyridine rings is 1. The molecular formula is C15H20N2O2. The quantitative estimate of drug-likeness (QED) is 0.917. The topological polar surface area (TPSA) is 57.4 Å². The Kier molecular flexibility index (Phi) is 3.62. The minimum absolute atomic E-state index is 0.154. The lowest BCUT2D eigenvalue weighted by Gasteiger charge is -2.22. The first-order valence-electron chi connectivity index (χ1n) is 6.25. The minimum Gasteiger partial charge on any atom is -0.497 e. The molecular weight excluding hydrogens is 240 g/mol. The molecule has 0 fully saturated rings. The third-order valence-corrected chi connectivity index (χ3v) is 3.39. The number of hydrogen-bond donors (Lipinski definition) is 1. The highest BCUT2D eigenvalue weighted by molar-refractivity contribution is 5.86. The summed E-state index contributed by atoms with van der Waals surface area (Å²) in [6.45, 7) is 4.71. The maximum atomic E-state index is 5.81. The summed E-state index contributed by atoms with van der Waals surface area (Å²) in [6.07, 6.45) is 0. The number of aromatic nitrogens is 1. The van der Waals surface area contributed by atoms with Crippen LogP contribution in [0.4, 0.5) is 0 Å². The molecule has 1 aromatic carbocycles. The fourth-order valence-electron chi connectivity index (χ4n) is 1.93. The SMILES string of the molecule is COc1cc(OC)c2nc(C(C)(C)CN)ccc2c1. The fraction of sp³-hybridized carbons (Fsp3) is 0.400. The average Bonchev–Trinajstić information content (AvgIpc) is 2.45. The number of nitrogens with zero attached hydrogens (tertiary/aromatic N) is 1. The third kappa shape index (κ3) is 2.49. The predicted molar refractivity (Wildman–Crippen MR) is 76.9 cm³/mol. The van der Waals surface area contributed by atoms with E-state index in [2.05, 4.69) is 13.8 Å². The van der Waals surface area contributed by atoms with Crippen LogP contribution in [0.2, 0.25) is 0 Å². The number of benzene rings is 1. The molecule has 0 amide bonds. The molecule has 2 N–H and O–H groups in total. The van der Waals surface area contributed by atoms with E-state index in [9.17, 15) is 0 Å². The van der Waals surface area contributed by atoms with E-state index >= 15 is 0 Å². The van der Waals surface area contributed by atoms with Gasteiger partial charge in [-0.15, -0.1) is 0 Å². The van der Waals surface area contributed by atoms with Crippen molar-refractivity contribution in [3.8, 4) is 11.5 Å². The molecule has 4 heteroatoms. The van der Waals surface area contributed by atoms with E-state index in [1.807, 2.05) is 24.3 Å². The fourth-order valence-corrected chi connectivity index (χ4v) is 1.93. The molecule has 2 rings (SSSR count). The molecule has 0 aliphatic heterocycles. The van der Waals surface area contributed by atoms with Crippen molar-refractivity contribution in [2.75, 3.05) is 20.8 Å². The predicted octanol–water partition coefficient (Wildman–Crippen LogP) is 2.49. The summed E-state index contributed by atoms with van der Waals surface area (Å²) in [4.78, 5) is 4.70. The van der Waals surface area contributed by atoms with Crippen molar-refractivity contribution in [2.24, 2.45) is 5.73 Å². The lowest BCUT2D eigenvalue weighted by Crippen LogP contribution is -2.29. The van der Waals surface area contributed by atoms with Crippen LogP contribution in [-0.2, 0) is 5.41 Å². The van der Waals surface area contributed by atoms with Crippen LogP contribution in [0, 0.1) is 0 Å². The Morgan fingerprint density at radius 2 is 1.89 bits per heavy atom. The Balaban J connectivity index is 2.65. The molecule has 1 heterocycles. The molecule has 102 valence electrons. The van der Waals surface area contributed by atoms with Gasteiger partial charge in [0.25, 0.3) is 0 Å². The summed E-state index contributed by atoms with van der Waals surface area (Å²) in [5.41, 5.74) is 7.45. The third-order valence-electron chi connectivity index (χ3n) is 3.39. The van der Waals surface area contributed by atoms with Gasteiger partial charge in [-0.25, -0.2) is 4.98 Å². The zero-order valence-electron chi connectivity index (χ0n) is 11.9. The van der Waals surface area contributed by atoms with Gasteiger partial charge in [0.05, 0.1) is 14.2 Å². The van der Waals surface area contributed by atoms with Crippen LogP contribution in [0.5, 0.6) is 11.5 Å². The van der Waals surface area contributed by atoms with Crippen molar-refractivity contribution in [1.82, 2.24) is 4.98 Å². The molecule has 0 radical (unpaired) electrons. The Bertz CT molecular complexity index is 594. The molecule has 0 aliphatic carbocycles. The van der Waals surface area contributed by atoms with Gasteiger partial charge in [0.2, 0.25) is 0 Å². The summed E-state index contributed by atoms with van der Waals surface area (Å²) < 4.78 is 10.7. The van der Waals surface area contributed by atoms with Crippen LogP contribution in [0.15, 0.2) is 24.3 Å². The first-order chi connectivity index (χ1) is 9.01. The number of hydrogen-bond acceptors (Lipinski definition) is 4. The first kappa shape index (κ1) is 13.6. The monoisotopic (exact) mass is 260 g/mol. The van der Waals surface area contributed by atoms with Crippen molar-refractivity contribution >= 4 is 10.9 Å². The molecule has 0 bridgehead atoms. The molecule has 0 aliphatic rings. The van der Waals surface area contributed by atoms with Gasteiger partial charge in [-0.1, -0.05) is 19.9 Å². The van der Waals surface area contributed by atoms with Crippen LogP contribution < -0.4 is 15.2 Å². The van der Waals surface area contributed by atoms with Gasteiger partial charge in [0.1, 0.15) is 17.0 Å². The number of rotatable bonds is 4. The molecule has 2 aromatic rings. The van der Waals surface area contributed by atoms with Crippen molar-refractivity contribution in [3.63, 3.8) is 0 Å². The maximum absolute atomic E-state index is 5.81. The van der Waals surface area contributed by atoms with Gasteiger partial charge in [0.15, 0.2) is 0 Å². The number of fused-ring (bicyclic) bond motifs is 1. The van der Waals surface area contributed by atoms with Gasteiger partial charge < -0.3 is 15.2 Å². The van der Waals surface area contributed by atoms with Gasteiger partial charge >= 0.3 is 0 Å². The second kappa shape index (κ2) is 5.05. The zero-order valence-corrected chi connectivity index (χ0v) is 11.9. The molecule has 0 unspecified atom stereocenters. The van der Waals surface area contributed by atoms with Crippen LogP contribution >= 0.6 is 0 Å². The van der Waals surface area contributed by atoms with Crippen molar-refractivity contribution in [1.29, 1.82) is 0 Å². The molecule has 0 spiro atoms. The summed E-state index contributed by atoms with van der Waals surface area (Å²) in [5, 5.41) is 0.993. The normalized spacial score (nSPS) is 11.6. The van der Waals surface area contributed by atoms with E-state index in [0.717, 1.165) is 22.3 Å². The van der Waals surface area contributed by atoms with Crippen LogP contribution in [-0.4, -0.2) is 25.7 Å². The highest BCUT2D eigenvalue weighted by atomic mass is 16.5. The lowest BCUT2D eigenvalue weighted by molar-refractivity contribution is 0.397. The average molecular weight is 260 g/mol. The number of nitrogens with two attached hydrogens (primary N) is 1. The van der Waals surface area contributed by atoms with Crippen molar-refractivity contribution in [3.05, 3.63) is 30.0 Å². The molecule has 19 heavy (non-hydrogen) atoms. The Hall–Kier alpha value is -1.81. The highest BCUT2D eigenvalue weighted by Gasteiger charge is 2.21. The molecule has 0 saturated heterocycles. The van der Waals surface area contributed by atoms with Gasteiger partial charge in [0, 0.05) is 29.1 Å². The smallest absolute Gasteiger partial charge is 0.148 e. The summed E-state index contributed by atoms with van der Waals surface area (Å²) in [6, 6.07) is 7.83. The second-order valence-electron chi connectivity index (χ2n) is 5.19. The second-order valence-corrected chi connectivity index (χ2v) is 5.19. The Morgan fingerprint density at radius 1 is 1.16 bits per heavy atom. The summed E-state index contributed by atoms with van der Waals surface area (Å²) >= 11 is 0. The van der Waals surface area contributed by atoms with E-state index < -0.39 is 0 Å². The molecule has 0 atom stereocenters. The van der Waals surface area contributed by atoms with E-state index in [1.54, 1.807) is 14.2 Å². The highest BCUT2D eigenvalue weighted by Crippen LogP contribution is 2.31. The summed E-state index contributed by atoms with van der Waals surface area (Å²) in [5.74, 6) is 1.47. The van der Waals surface area contributed by atoms with E-state index in [-0.39, 0.29) is 5.41 Å². The van der Waals surface area contributed by atoms with E-state index in [4.69, 9.17) is 20.2 Å². The molecule has 1 aromatic heterocycles. The summed E-state index contributed by atoms with van der Waals surface area (Å²) in [7, 11) is 3.27. The van der Waals surface area contributed by atoms with Gasteiger partial charge in [-0.3, -0.25) is 0 Å².